The van der Waals surface area contributed by atoms with Gasteiger partial charge in [-0.2, -0.15) is 0 Å². The van der Waals surface area contributed by atoms with Gasteiger partial charge in [-0.05, 0) is 24.3 Å². The monoisotopic (exact) mass is 243 g/mol. The summed E-state index contributed by atoms with van der Waals surface area (Å²) in [5.74, 6) is -0.630. The van der Waals surface area contributed by atoms with E-state index in [9.17, 15) is 4.79 Å². The summed E-state index contributed by atoms with van der Waals surface area (Å²) in [6, 6.07) is 9.49. The van der Waals surface area contributed by atoms with Crippen LogP contribution in [0.25, 0.3) is 11.3 Å². The molecule has 0 radical (unpaired) electrons. The van der Waals surface area contributed by atoms with Crippen molar-refractivity contribution in [2.24, 2.45) is 0 Å². The first kappa shape index (κ1) is 11.0. The second kappa shape index (κ2) is 4.29. The van der Waals surface area contributed by atoms with Crippen molar-refractivity contribution < 1.29 is 14.4 Å². The second-order valence-electron chi connectivity index (χ2n) is 4.60. The maximum atomic E-state index is 10.8. The van der Waals surface area contributed by atoms with Crippen molar-refractivity contribution in [3.63, 3.8) is 0 Å². The Bertz CT molecular complexity index is 584. The van der Waals surface area contributed by atoms with Crippen LogP contribution in [0, 0.1) is 0 Å². The molecule has 0 spiro atoms. The van der Waals surface area contributed by atoms with E-state index in [1.165, 1.54) is 30.9 Å². The molecule has 1 aliphatic rings. The molecule has 3 rings (SSSR count). The van der Waals surface area contributed by atoms with Crippen LogP contribution < -0.4 is 0 Å². The topological polar surface area (TPSA) is 63.3 Å². The molecule has 1 fully saturated rings. The SMILES string of the molecule is O=C(O)c1cc(-c2ccccc2C2CCC2)no1. The third-order valence-corrected chi connectivity index (χ3v) is 3.50. The quantitative estimate of drug-likeness (QED) is 0.898. The molecule has 0 amide bonds. The van der Waals surface area contributed by atoms with Gasteiger partial charge in [-0.1, -0.05) is 35.8 Å². The molecule has 92 valence electrons. The van der Waals surface area contributed by atoms with Crippen LogP contribution in [0.15, 0.2) is 34.9 Å². The van der Waals surface area contributed by atoms with E-state index in [0.29, 0.717) is 11.6 Å². The molecule has 1 aromatic carbocycles. The van der Waals surface area contributed by atoms with Crippen molar-refractivity contribution in [2.75, 3.05) is 0 Å². The van der Waals surface area contributed by atoms with Gasteiger partial charge in [0.1, 0.15) is 5.69 Å². The van der Waals surface area contributed by atoms with Gasteiger partial charge in [0, 0.05) is 11.6 Å². The highest BCUT2D eigenvalue weighted by molar-refractivity contribution is 5.85. The number of rotatable bonds is 3. The Labute approximate surface area is 104 Å². The molecule has 18 heavy (non-hydrogen) atoms. The Morgan fingerprint density at radius 3 is 2.72 bits per heavy atom. The summed E-state index contributed by atoms with van der Waals surface area (Å²) in [5, 5.41) is 12.7. The minimum Gasteiger partial charge on any atom is -0.475 e. The van der Waals surface area contributed by atoms with Crippen molar-refractivity contribution in [3.8, 4) is 11.3 Å². The summed E-state index contributed by atoms with van der Waals surface area (Å²) < 4.78 is 4.82. The molecule has 1 aromatic heterocycles. The number of carboxylic acids is 1. The number of benzene rings is 1. The highest BCUT2D eigenvalue weighted by Crippen LogP contribution is 2.40. The highest BCUT2D eigenvalue weighted by atomic mass is 16.5. The zero-order chi connectivity index (χ0) is 12.5. The fourth-order valence-electron chi connectivity index (χ4n) is 2.31. The lowest BCUT2D eigenvalue weighted by Gasteiger charge is -2.27. The third kappa shape index (κ3) is 1.79. The van der Waals surface area contributed by atoms with Gasteiger partial charge >= 0.3 is 5.97 Å². The number of aromatic carboxylic acids is 1. The second-order valence-corrected chi connectivity index (χ2v) is 4.60. The minimum absolute atomic E-state index is 0.117. The average molecular weight is 243 g/mol. The Hall–Kier alpha value is -2.10. The first-order valence-electron chi connectivity index (χ1n) is 6.05. The van der Waals surface area contributed by atoms with Crippen LogP contribution in [0.1, 0.15) is 41.3 Å². The number of nitrogens with zero attached hydrogens (tertiary/aromatic N) is 1. The van der Waals surface area contributed by atoms with Crippen LogP contribution in [0.4, 0.5) is 0 Å². The molecule has 1 saturated carbocycles. The average Bonchev–Trinajstić information content (AvgIpc) is 2.77. The van der Waals surface area contributed by atoms with Gasteiger partial charge in [0.05, 0.1) is 0 Å². The Kier molecular flexibility index (Phi) is 2.63. The van der Waals surface area contributed by atoms with Gasteiger partial charge in [-0.15, -0.1) is 0 Å². The van der Waals surface area contributed by atoms with Gasteiger partial charge in [-0.3, -0.25) is 0 Å². The van der Waals surface area contributed by atoms with Crippen LogP contribution in [0.5, 0.6) is 0 Å². The summed E-state index contributed by atoms with van der Waals surface area (Å²) in [6.07, 6.45) is 3.65. The molecular weight excluding hydrogens is 230 g/mol. The molecule has 0 saturated heterocycles. The molecule has 2 aromatic rings. The summed E-state index contributed by atoms with van der Waals surface area (Å²) in [5.41, 5.74) is 2.84. The van der Waals surface area contributed by atoms with E-state index in [2.05, 4.69) is 11.2 Å². The number of aromatic nitrogens is 1. The van der Waals surface area contributed by atoms with Crippen molar-refractivity contribution in [1.29, 1.82) is 0 Å². The first-order chi connectivity index (χ1) is 8.75. The van der Waals surface area contributed by atoms with E-state index >= 15 is 0 Å². The minimum atomic E-state index is -1.09. The Morgan fingerprint density at radius 2 is 2.11 bits per heavy atom. The van der Waals surface area contributed by atoms with Crippen LogP contribution in [-0.4, -0.2) is 16.2 Å². The predicted molar refractivity (Wildman–Crippen MR) is 65.5 cm³/mol. The lowest BCUT2D eigenvalue weighted by molar-refractivity contribution is 0.0652. The summed E-state index contributed by atoms with van der Waals surface area (Å²) >= 11 is 0. The van der Waals surface area contributed by atoms with Gasteiger partial charge in [0.2, 0.25) is 5.76 Å². The summed E-state index contributed by atoms with van der Waals surface area (Å²) in [4.78, 5) is 10.8. The molecule has 0 aliphatic heterocycles. The van der Waals surface area contributed by atoms with Crippen LogP contribution in [0.2, 0.25) is 0 Å². The van der Waals surface area contributed by atoms with Crippen LogP contribution in [0.3, 0.4) is 0 Å². The molecule has 0 atom stereocenters. The van der Waals surface area contributed by atoms with Crippen LogP contribution >= 0.6 is 0 Å². The maximum Gasteiger partial charge on any atom is 0.374 e. The fraction of sp³-hybridized carbons (Fsp3) is 0.286. The van der Waals surface area contributed by atoms with E-state index < -0.39 is 5.97 Å². The molecule has 1 heterocycles. The predicted octanol–water partition coefficient (Wildman–Crippen LogP) is 3.31. The van der Waals surface area contributed by atoms with Gasteiger partial charge in [-0.25, -0.2) is 4.79 Å². The normalized spacial score (nSPS) is 15.3. The fourth-order valence-corrected chi connectivity index (χ4v) is 2.31. The highest BCUT2D eigenvalue weighted by Gasteiger charge is 2.23. The largest absolute Gasteiger partial charge is 0.475 e. The smallest absolute Gasteiger partial charge is 0.374 e. The number of hydrogen-bond donors (Lipinski definition) is 1. The molecule has 4 nitrogen and oxygen atoms in total. The molecular formula is C14H13NO3. The van der Waals surface area contributed by atoms with Crippen molar-refractivity contribution in [3.05, 3.63) is 41.7 Å². The van der Waals surface area contributed by atoms with E-state index in [0.717, 1.165) is 5.56 Å². The van der Waals surface area contributed by atoms with Gasteiger partial charge in [0.25, 0.3) is 0 Å². The van der Waals surface area contributed by atoms with Crippen molar-refractivity contribution in [1.82, 2.24) is 5.16 Å². The standard InChI is InChI=1S/C14H13NO3/c16-14(17)13-8-12(15-18-13)11-7-2-1-6-10(11)9-4-3-5-9/h1-2,6-9H,3-5H2,(H,16,17). The summed E-state index contributed by atoms with van der Waals surface area (Å²) in [6.45, 7) is 0. The van der Waals surface area contributed by atoms with Gasteiger partial charge < -0.3 is 9.63 Å². The molecule has 4 heteroatoms. The first-order valence-corrected chi connectivity index (χ1v) is 6.05. The molecule has 0 bridgehead atoms. The van der Waals surface area contributed by atoms with E-state index in [-0.39, 0.29) is 5.76 Å². The maximum absolute atomic E-state index is 10.8. The molecule has 1 N–H and O–H groups in total. The van der Waals surface area contributed by atoms with Crippen LogP contribution in [-0.2, 0) is 0 Å². The zero-order valence-corrected chi connectivity index (χ0v) is 9.80. The Morgan fingerprint density at radius 1 is 1.33 bits per heavy atom. The molecule has 1 aliphatic carbocycles. The lowest BCUT2D eigenvalue weighted by Crippen LogP contribution is -2.09. The number of carbonyl (C=O) groups is 1. The number of hydrogen-bond acceptors (Lipinski definition) is 3. The lowest BCUT2D eigenvalue weighted by atomic mass is 9.78. The van der Waals surface area contributed by atoms with E-state index in [4.69, 9.17) is 9.63 Å². The van der Waals surface area contributed by atoms with E-state index in [1.54, 1.807) is 0 Å². The number of carboxylic acid groups (broad SMARTS) is 1. The summed E-state index contributed by atoms with van der Waals surface area (Å²) in [7, 11) is 0. The van der Waals surface area contributed by atoms with Crippen molar-refractivity contribution in [2.45, 2.75) is 25.2 Å². The van der Waals surface area contributed by atoms with E-state index in [1.807, 2.05) is 18.2 Å². The van der Waals surface area contributed by atoms with Gasteiger partial charge in [0.15, 0.2) is 0 Å². The molecule has 0 unspecified atom stereocenters. The van der Waals surface area contributed by atoms with Crippen molar-refractivity contribution >= 4 is 5.97 Å². The third-order valence-electron chi connectivity index (χ3n) is 3.50. The zero-order valence-electron chi connectivity index (χ0n) is 9.80. The Balaban J connectivity index is 2.02.